The molecule has 0 aliphatic heterocycles. The van der Waals surface area contributed by atoms with Gasteiger partial charge in [-0.25, -0.2) is 0 Å². The number of benzene rings is 2. The van der Waals surface area contributed by atoms with Gasteiger partial charge in [-0.05, 0) is 87.1 Å². The van der Waals surface area contributed by atoms with Crippen LogP contribution in [0.15, 0.2) is 48.5 Å². The van der Waals surface area contributed by atoms with Gasteiger partial charge in [0, 0.05) is 37.3 Å². The van der Waals surface area contributed by atoms with Gasteiger partial charge in [0.15, 0.2) is 0 Å². The van der Waals surface area contributed by atoms with E-state index in [0.29, 0.717) is 61.5 Å². The zero-order chi connectivity index (χ0) is 25.7. The Labute approximate surface area is 261 Å². The van der Waals surface area contributed by atoms with Crippen LogP contribution in [-0.4, -0.2) is 45.2 Å². The van der Waals surface area contributed by atoms with E-state index in [2.05, 4.69) is 0 Å². The van der Waals surface area contributed by atoms with Crippen LogP contribution in [0.3, 0.4) is 0 Å². The average molecular weight is 532 g/mol. The number of carboxylic acids is 2. The van der Waals surface area contributed by atoms with Crippen molar-refractivity contribution < 1.29 is 103 Å². The monoisotopic (exact) mass is 532 g/mol. The van der Waals surface area contributed by atoms with Crippen molar-refractivity contribution in [1.82, 2.24) is 0 Å². The number of ether oxygens (including phenoxy) is 4. The molecule has 2 aromatic carbocycles. The molecule has 0 bridgehead atoms. The van der Waals surface area contributed by atoms with Crippen molar-refractivity contribution in [2.75, 3.05) is 27.4 Å². The molecule has 9 nitrogen and oxygen atoms in total. The molecule has 2 aromatic rings. The van der Waals surface area contributed by atoms with Crippen molar-refractivity contribution in [1.29, 1.82) is 0 Å². The van der Waals surface area contributed by atoms with E-state index in [1.54, 1.807) is 48.5 Å². The summed E-state index contributed by atoms with van der Waals surface area (Å²) in [5, 5.41) is 20.9. The van der Waals surface area contributed by atoms with Gasteiger partial charge < -0.3 is 38.7 Å². The van der Waals surface area contributed by atoms with Crippen LogP contribution < -0.4 is 78.8 Å². The summed E-state index contributed by atoms with van der Waals surface area (Å²) in [5.41, 5.74) is 0.830. The molecule has 0 saturated heterocycles. The molecule has 0 unspecified atom stereocenters. The minimum atomic E-state index is -1.67. The molecule has 0 aliphatic carbocycles. The van der Waals surface area contributed by atoms with Gasteiger partial charge in [0.2, 0.25) is 5.78 Å². The van der Waals surface area contributed by atoms with Gasteiger partial charge in [-0.1, -0.05) is 0 Å². The van der Waals surface area contributed by atoms with Crippen molar-refractivity contribution in [3.8, 4) is 11.5 Å². The number of hydrogen-bond donors (Lipinski definition) is 0. The van der Waals surface area contributed by atoms with Crippen molar-refractivity contribution in [3.63, 3.8) is 0 Å². The Morgan fingerprint density at radius 1 is 0.676 bits per heavy atom. The zero-order valence-corrected chi connectivity index (χ0v) is 25.9. The topological polar surface area (TPSA) is 134 Å². The Kier molecular flexibility index (Phi) is 18.0. The van der Waals surface area contributed by atoms with Crippen LogP contribution in [0, 0.1) is 0 Å². The minimum absolute atomic E-state index is 0. The third kappa shape index (κ3) is 11.5. The Bertz CT molecular complexity index is 959. The fourth-order valence-corrected chi connectivity index (χ4v) is 3.42. The van der Waals surface area contributed by atoms with E-state index >= 15 is 0 Å². The molecule has 0 heterocycles. The number of Topliss-reactive ketones (excluding diaryl/α,β-unsaturated/α-hetero) is 1. The Morgan fingerprint density at radius 3 is 1.46 bits per heavy atom. The number of ketones is 1. The van der Waals surface area contributed by atoms with E-state index in [1.165, 1.54) is 14.2 Å². The van der Waals surface area contributed by atoms with Crippen molar-refractivity contribution >= 4 is 17.7 Å². The molecule has 37 heavy (non-hydrogen) atoms. The molecule has 0 aliphatic rings. The second-order valence-corrected chi connectivity index (χ2v) is 7.76. The van der Waals surface area contributed by atoms with Crippen LogP contribution in [0.5, 0.6) is 11.5 Å². The smallest absolute Gasteiger partial charge is 0.550 e. The summed E-state index contributed by atoms with van der Waals surface area (Å²) in [4.78, 5) is 34.2. The van der Waals surface area contributed by atoms with Crippen LogP contribution in [0.2, 0.25) is 0 Å². The standard InChI is InChI=1S/C26H32O9.2Na/c1-32-26(33-2,20-11-15-22(16-12-20)35-18-6-4-8-24(29)30)25(31)19-9-13-21(14-10-19)34-17-5-3-7-23(27)28;;/h9-16H,3-8,17-18H2,1-2H3,(H,27,28)(H,29,30);;/q;2*+1/p-2. The van der Waals surface area contributed by atoms with Crippen LogP contribution in [-0.2, 0) is 24.8 Å². The third-order valence-electron chi connectivity index (χ3n) is 5.31. The van der Waals surface area contributed by atoms with Gasteiger partial charge in [0.05, 0.1) is 13.2 Å². The predicted molar refractivity (Wildman–Crippen MR) is 122 cm³/mol. The second-order valence-electron chi connectivity index (χ2n) is 7.76. The fourth-order valence-electron chi connectivity index (χ4n) is 3.42. The van der Waals surface area contributed by atoms with E-state index < -0.39 is 23.5 Å². The van der Waals surface area contributed by atoms with Gasteiger partial charge in [0.25, 0.3) is 5.79 Å². The summed E-state index contributed by atoms with van der Waals surface area (Å²) in [6.07, 6.45) is 2.07. The first kappa shape index (κ1) is 35.6. The summed E-state index contributed by atoms with van der Waals surface area (Å²) >= 11 is 0. The SMILES string of the molecule is COC(OC)(C(=O)c1ccc(OCCCCC(=O)[O-])cc1)c1ccc(OCCCCC(=O)[O-])cc1.[Na+].[Na+]. The van der Waals surface area contributed by atoms with Crippen molar-refractivity contribution in [2.24, 2.45) is 0 Å². The van der Waals surface area contributed by atoms with Crippen LogP contribution in [0.1, 0.15) is 54.4 Å². The van der Waals surface area contributed by atoms with E-state index in [-0.39, 0.29) is 72.0 Å². The maximum atomic E-state index is 13.4. The fraction of sp³-hybridized carbons (Fsp3) is 0.423. The van der Waals surface area contributed by atoms with E-state index in [0.717, 1.165) is 0 Å². The first-order chi connectivity index (χ1) is 16.8. The Morgan fingerprint density at radius 2 is 1.08 bits per heavy atom. The zero-order valence-electron chi connectivity index (χ0n) is 21.9. The number of carbonyl (C=O) groups excluding carboxylic acids is 3. The quantitative estimate of drug-likeness (QED) is 0.0857. The molecule has 0 aromatic heterocycles. The summed E-state index contributed by atoms with van der Waals surface area (Å²) in [7, 11) is 2.76. The minimum Gasteiger partial charge on any atom is -0.550 e. The molecule has 0 spiro atoms. The number of hydrogen-bond acceptors (Lipinski definition) is 9. The van der Waals surface area contributed by atoms with Gasteiger partial charge >= 0.3 is 59.1 Å². The molecular formula is C26H30Na2O9. The number of unbranched alkanes of at least 4 members (excludes halogenated alkanes) is 2. The van der Waals surface area contributed by atoms with E-state index in [1.807, 2.05) is 0 Å². The molecule has 0 N–H and O–H groups in total. The normalized spacial score (nSPS) is 10.5. The number of rotatable bonds is 17. The van der Waals surface area contributed by atoms with Crippen LogP contribution in [0.4, 0.5) is 0 Å². The summed E-state index contributed by atoms with van der Waals surface area (Å²) in [5.74, 6) is -3.11. The molecule has 0 atom stereocenters. The Hall–Kier alpha value is -1.43. The van der Waals surface area contributed by atoms with E-state index in [4.69, 9.17) is 18.9 Å². The molecule has 190 valence electrons. The van der Waals surface area contributed by atoms with Crippen LogP contribution in [0.25, 0.3) is 0 Å². The number of carbonyl (C=O) groups is 3. The van der Waals surface area contributed by atoms with Gasteiger partial charge in [-0.2, -0.15) is 0 Å². The van der Waals surface area contributed by atoms with Crippen LogP contribution >= 0.6 is 0 Å². The van der Waals surface area contributed by atoms with E-state index in [9.17, 15) is 24.6 Å². The maximum absolute atomic E-state index is 13.4. The molecule has 11 heteroatoms. The predicted octanol–water partition coefficient (Wildman–Crippen LogP) is -4.38. The molecule has 2 rings (SSSR count). The van der Waals surface area contributed by atoms with Crippen molar-refractivity contribution in [2.45, 2.75) is 44.3 Å². The summed E-state index contributed by atoms with van der Waals surface area (Å²) in [6.45, 7) is 0.711. The molecular weight excluding hydrogens is 502 g/mol. The molecule has 0 amide bonds. The number of methoxy groups -OCH3 is 2. The summed E-state index contributed by atoms with van der Waals surface area (Å²) < 4.78 is 22.3. The first-order valence-corrected chi connectivity index (χ1v) is 11.3. The largest absolute Gasteiger partial charge is 1.00 e. The summed E-state index contributed by atoms with van der Waals surface area (Å²) in [6, 6.07) is 13.2. The third-order valence-corrected chi connectivity index (χ3v) is 5.31. The second kappa shape index (κ2) is 18.8. The van der Waals surface area contributed by atoms with Crippen molar-refractivity contribution in [3.05, 3.63) is 59.7 Å². The maximum Gasteiger partial charge on any atom is 1.00 e. The molecule has 0 radical (unpaired) electrons. The number of carboxylic acid groups (broad SMARTS) is 2. The first-order valence-electron chi connectivity index (χ1n) is 11.3. The molecule has 0 saturated carbocycles. The number of aliphatic carboxylic acids is 2. The molecule has 0 fully saturated rings. The Balaban J connectivity index is 0.00000648. The van der Waals surface area contributed by atoms with Gasteiger partial charge in [-0.3, -0.25) is 4.79 Å². The van der Waals surface area contributed by atoms with Gasteiger partial charge in [-0.15, -0.1) is 0 Å². The average Bonchev–Trinajstić information content (AvgIpc) is 2.85. The van der Waals surface area contributed by atoms with Gasteiger partial charge in [0.1, 0.15) is 11.5 Å².